The van der Waals surface area contributed by atoms with Gasteiger partial charge in [0.05, 0.1) is 22.1 Å². The van der Waals surface area contributed by atoms with Crippen LogP contribution in [0.25, 0.3) is 66.2 Å². The van der Waals surface area contributed by atoms with Crippen LogP contribution in [0.5, 0.6) is 0 Å². The Labute approximate surface area is 224 Å². The highest BCUT2D eigenvalue weighted by Gasteiger charge is 2.24. The number of aromatic nitrogens is 2. The summed E-state index contributed by atoms with van der Waals surface area (Å²) in [6, 6.07) is 41.7. The SMILES string of the molecule is Nc1oc2ccccc2c1-c1c(N)n(-c2ccc3c(c2)c2ccccc2n3-c2ccccc2)c2ccccc12. The molecule has 4 N–H and O–H groups in total. The van der Waals surface area contributed by atoms with Gasteiger partial charge in [-0.05, 0) is 48.5 Å². The maximum absolute atomic E-state index is 7.01. The molecule has 0 aliphatic heterocycles. The van der Waals surface area contributed by atoms with Crippen LogP contribution in [0.3, 0.4) is 0 Å². The highest BCUT2D eigenvalue weighted by molar-refractivity contribution is 6.14. The largest absolute Gasteiger partial charge is 0.440 e. The molecule has 0 saturated heterocycles. The first-order chi connectivity index (χ1) is 19.2. The molecule has 0 radical (unpaired) electrons. The molecule has 39 heavy (non-hydrogen) atoms. The van der Waals surface area contributed by atoms with Crippen LogP contribution in [0.15, 0.2) is 126 Å². The summed E-state index contributed by atoms with van der Waals surface area (Å²) in [6.45, 7) is 0. The monoisotopic (exact) mass is 504 g/mol. The zero-order valence-electron chi connectivity index (χ0n) is 21.0. The summed E-state index contributed by atoms with van der Waals surface area (Å²) < 4.78 is 10.4. The fraction of sp³-hybridized carbons (Fsp3) is 0. The molecule has 0 unspecified atom stereocenters. The third-order valence-corrected chi connectivity index (χ3v) is 7.71. The zero-order valence-corrected chi connectivity index (χ0v) is 21.0. The lowest BCUT2D eigenvalue weighted by atomic mass is 10.0. The molecule has 186 valence electrons. The second-order valence-corrected chi connectivity index (χ2v) is 9.84. The third-order valence-electron chi connectivity index (χ3n) is 7.71. The van der Waals surface area contributed by atoms with E-state index in [1.54, 1.807) is 0 Å². The van der Waals surface area contributed by atoms with Crippen molar-refractivity contribution in [3.63, 3.8) is 0 Å². The number of fused-ring (bicyclic) bond motifs is 5. The van der Waals surface area contributed by atoms with Gasteiger partial charge in [-0.1, -0.05) is 72.8 Å². The van der Waals surface area contributed by atoms with E-state index in [-0.39, 0.29) is 0 Å². The summed E-state index contributed by atoms with van der Waals surface area (Å²) in [6.07, 6.45) is 0. The minimum Gasteiger partial charge on any atom is -0.440 e. The van der Waals surface area contributed by atoms with E-state index in [4.69, 9.17) is 15.9 Å². The van der Waals surface area contributed by atoms with Gasteiger partial charge in [-0.25, -0.2) is 0 Å². The van der Waals surface area contributed by atoms with Gasteiger partial charge in [0.15, 0.2) is 5.88 Å². The molecule has 0 fully saturated rings. The summed E-state index contributed by atoms with van der Waals surface area (Å²) >= 11 is 0. The first kappa shape index (κ1) is 21.6. The predicted octanol–water partition coefficient (Wildman–Crippen LogP) is 8.31. The van der Waals surface area contributed by atoms with Crippen LogP contribution in [-0.4, -0.2) is 9.13 Å². The van der Waals surface area contributed by atoms with Crippen molar-refractivity contribution in [2.45, 2.75) is 0 Å². The maximum atomic E-state index is 7.01. The molecule has 0 bridgehead atoms. The van der Waals surface area contributed by atoms with Crippen molar-refractivity contribution in [2.75, 3.05) is 11.5 Å². The van der Waals surface area contributed by atoms with Crippen molar-refractivity contribution in [2.24, 2.45) is 0 Å². The van der Waals surface area contributed by atoms with E-state index in [1.807, 2.05) is 42.5 Å². The number of nitrogens with zero attached hydrogens (tertiary/aromatic N) is 2. The molecule has 5 nitrogen and oxygen atoms in total. The lowest BCUT2D eigenvalue weighted by Crippen LogP contribution is -2.01. The van der Waals surface area contributed by atoms with E-state index in [0.717, 1.165) is 49.9 Å². The van der Waals surface area contributed by atoms with Crippen molar-refractivity contribution < 1.29 is 4.42 Å². The van der Waals surface area contributed by atoms with Crippen LogP contribution in [0.2, 0.25) is 0 Å². The van der Waals surface area contributed by atoms with Gasteiger partial charge in [0, 0.05) is 38.5 Å². The number of anilines is 2. The highest BCUT2D eigenvalue weighted by Crippen LogP contribution is 2.46. The van der Waals surface area contributed by atoms with E-state index in [2.05, 4.69) is 88.0 Å². The number of nitrogens with two attached hydrogens (primary N) is 2. The first-order valence-corrected chi connectivity index (χ1v) is 13.0. The van der Waals surface area contributed by atoms with Crippen molar-refractivity contribution in [3.05, 3.63) is 121 Å². The predicted molar refractivity (Wildman–Crippen MR) is 162 cm³/mol. The average molecular weight is 505 g/mol. The summed E-state index contributed by atoms with van der Waals surface area (Å²) in [5, 5.41) is 4.34. The van der Waals surface area contributed by atoms with Crippen LogP contribution in [0, 0.1) is 0 Å². The molecule has 8 aromatic rings. The van der Waals surface area contributed by atoms with E-state index in [1.165, 1.54) is 16.3 Å². The summed E-state index contributed by atoms with van der Waals surface area (Å²) in [4.78, 5) is 0. The number of furan rings is 1. The smallest absolute Gasteiger partial charge is 0.199 e. The highest BCUT2D eigenvalue weighted by atomic mass is 16.3. The Morgan fingerprint density at radius 1 is 0.462 bits per heavy atom. The minimum atomic E-state index is 0.368. The molecule has 3 heterocycles. The Bertz CT molecular complexity index is 2200. The Hall–Kier alpha value is -5.42. The quantitative estimate of drug-likeness (QED) is 0.254. The number of rotatable bonds is 3. The second kappa shape index (κ2) is 8.04. The van der Waals surface area contributed by atoms with Crippen molar-refractivity contribution in [3.8, 4) is 22.5 Å². The molecular formula is C34H24N4O. The molecule has 8 rings (SSSR count). The molecule has 0 atom stereocenters. The number of para-hydroxylation sites is 4. The van der Waals surface area contributed by atoms with E-state index >= 15 is 0 Å². The number of nitrogen functional groups attached to an aromatic ring is 2. The second-order valence-electron chi connectivity index (χ2n) is 9.84. The van der Waals surface area contributed by atoms with Crippen LogP contribution >= 0.6 is 0 Å². The normalized spacial score (nSPS) is 11.8. The molecule has 0 saturated carbocycles. The Morgan fingerprint density at radius 2 is 1.08 bits per heavy atom. The van der Waals surface area contributed by atoms with E-state index in [9.17, 15) is 0 Å². The molecule has 0 amide bonds. The van der Waals surface area contributed by atoms with E-state index in [0.29, 0.717) is 11.7 Å². The van der Waals surface area contributed by atoms with Gasteiger partial charge < -0.3 is 20.5 Å². The summed E-state index contributed by atoms with van der Waals surface area (Å²) in [7, 11) is 0. The van der Waals surface area contributed by atoms with Gasteiger partial charge in [-0.15, -0.1) is 0 Å². The van der Waals surface area contributed by atoms with Crippen LogP contribution in [-0.2, 0) is 0 Å². The number of benzene rings is 5. The topological polar surface area (TPSA) is 75.0 Å². The third kappa shape index (κ3) is 3.01. The van der Waals surface area contributed by atoms with Gasteiger partial charge in [0.25, 0.3) is 0 Å². The van der Waals surface area contributed by atoms with Gasteiger partial charge in [-0.2, -0.15) is 0 Å². The molecule has 5 aromatic carbocycles. The lowest BCUT2D eigenvalue weighted by Gasteiger charge is -2.11. The summed E-state index contributed by atoms with van der Waals surface area (Å²) in [5.74, 6) is 0.993. The fourth-order valence-corrected chi connectivity index (χ4v) is 6.08. The van der Waals surface area contributed by atoms with Crippen LogP contribution < -0.4 is 11.5 Å². The Balaban J connectivity index is 1.43. The Morgan fingerprint density at radius 3 is 1.87 bits per heavy atom. The van der Waals surface area contributed by atoms with Crippen molar-refractivity contribution >= 4 is 55.4 Å². The number of hydrogen-bond acceptors (Lipinski definition) is 3. The van der Waals surface area contributed by atoms with Crippen LogP contribution in [0.1, 0.15) is 0 Å². The van der Waals surface area contributed by atoms with Gasteiger partial charge >= 0.3 is 0 Å². The maximum Gasteiger partial charge on any atom is 0.199 e. The lowest BCUT2D eigenvalue weighted by molar-refractivity contribution is 0.638. The summed E-state index contributed by atoms with van der Waals surface area (Å²) in [5.41, 5.74) is 21.4. The molecule has 3 aromatic heterocycles. The Kier molecular flexibility index (Phi) is 4.46. The molecule has 5 heteroatoms. The molecular weight excluding hydrogens is 480 g/mol. The molecule has 0 aliphatic rings. The van der Waals surface area contributed by atoms with Gasteiger partial charge in [0.2, 0.25) is 0 Å². The minimum absolute atomic E-state index is 0.368. The first-order valence-electron chi connectivity index (χ1n) is 13.0. The van der Waals surface area contributed by atoms with Gasteiger partial charge in [-0.3, -0.25) is 4.57 Å². The van der Waals surface area contributed by atoms with Crippen molar-refractivity contribution in [1.29, 1.82) is 0 Å². The number of hydrogen-bond donors (Lipinski definition) is 2. The van der Waals surface area contributed by atoms with E-state index < -0.39 is 0 Å². The van der Waals surface area contributed by atoms with Gasteiger partial charge in [0.1, 0.15) is 11.4 Å². The van der Waals surface area contributed by atoms with Crippen molar-refractivity contribution in [1.82, 2.24) is 9.13 Å². The molecule has 0 aliphatic carbocycles. The average Bonchev–Trinajstić information content (AvgIpc) is 3.58. The fourth-order valence-electron chi connectivity index (χ4n) is 6.08. The zero-order chi connectivity index (χ0) is 26.1. The molecule has 0 spiro atoms. The standard InChI is InChI=1S/C34H24N4O/c35-33-31(32-25-14-6-9-17-30(25)39-34(32)36)24-13-5-8-16-28(24)38(33)22-18-19-29-26(20-22)23-12-4-7-15-27(23)37(29)21-10-2-1-3-11-21/h1-20H,35-36H2. The van der Waals surface area contributed by atoms with Crippen LogP contribution in [0.4, 0.5) is 11.7 Å².